The molecule has 0 atom stereocenters. The van der Waals surface area contributed by atoms with Gasteiger partial charge in [0.25, 0.3) is 0 Å². The maximum atomic E-state index is 12.7. The van der Waals surface area contributed by atoms with Crippen molar-refractivity contribution in [1.29, 1.82) is 0 Å². The lowest BCUT2D eigenvalue weighted by Crippen LogP contribution is -2.17. The van der Waals surface area contributed by atoms with Crippen LogP contribution >= 0.6 is 0 Å². The first-order chi connectivity index (χ1) is 10.0. The first-order valence-electron chi connectivity index (χ1n) is 6.73. The van der Waals surface area contributed by atoms with Gasteiger partial charge in [-0.2, -0.15) is 0 Å². The fourth-order valence-electron chi connectivity index (χ4n) is 1.77. The quantitative estimate of drug-likeness (QED) is 0.617. The zero-order valence-electron chi connectivity index (χ0n) is 12.0. The molecule has 0 bridgehead atoms. The van der Waals surface area contributed by atoms with E-state index in [1.807, 2.05) is 18.2 Å². The fourth-order valence-corrected chi connectivity index (χ4v) is 1.77. The SMILES string of the molecule is CC(C)c1cccc(OCC(=O)Oc2ccc(F)cc2)c1. The zero-order valence-corrected chi connectivity index (χ0v) is 12.0. The Kier molecular flexibility index (Phi) is 4.93. The van der Waals surface area contributed by atoms with Gasteiger partial charge in [-0.1, -0.05) is 26.0 Å². The van der Waals surface area contributed by atoms with Crippen LogP contribution in [-0.2, 0) is 4.79 Å². The summed E-state index contributed by atoms with van der Waals surface area (Å²) in [5, 5.41) is 0. The van der Waals surface area contributed by atoms with Crippen molar-refractivity contribution in [2.24, 2.45) is 0 Å². The summed E-state index contributed by atoms with van der Waals surface area (Å²) in [4.78, 5) is 11.6. The zero-order chi connectivity index (χ0) is 15.2. The van der Waals surface area contributed by atoms with Crippen LogP contribution in [0.25, 0.3) is 0 Å². The van der Waals surface area contributed by atoms with Crippen LogP contribution in [0.15, 0.2) is 48.5 Å². The van der Waals surface area contributed by atoms with Crippen LogP contribution in [0.1, 0.15) is 25.3 Å². The second-order valence-electron chi connectivity index (χ2n) is 4.94. The molecule has 2 aromatic rings. The van der Waals surface area contributed by atoms with Crippen molar-refractivity contribution in [2.75, 3.05) is 6.61 Å². The van der Waals surface area contributed by atoms with Crippen LogP contribution in [0.4, 0.5) is 4.39 Å². The van der Waals surface area contributed by atoms with E-state index in [1.54, 1.807) is 6.07 Å². The number of carbonyl (C=O) groups is 1. The molecule has 2 rings (SSSR count). The van der Waals surface area contributed by atoms with Gasteiger partial charge in [0.05, 0.1) is 0 Å². The number of rotatable bonds is 5. The van der Waals surface area contributed by atoms with Gasteiger partial charge >= 0.3 is 5.97 Å². The van der Waals surface area contributed by atoms with Crippen molar-refractivity contribution in [3.05, 3.63) is 59.9 Å². The van der Waals surface area contributed by atoms with Crippen molar-refractivity contribution in [3.8, 4) is 11.5 Å². The molecule has 0 saturated heterocycles. The van der Waals surface area contributed by atoms with Crippen LogP contribution in [-0.4, -0.2) is 12.6 Å². The van der Waals surface area contributed by atoms with E-state index < -0.39 is 5.97 Å². The van der Waals surface area contributed by atoms with Crippen molar-refractivity contribution < 1.29 is 18.7 Å². The second-order valence-corrected chi connectivity index (χ2v) is 4.94. The number of carbonyl (C=O) groups excluding carboxylic acids is 1. The number of hydrogen-bond donors (Lipinski definition) is 0. The molecular formula is C17H17FO3. The Morgan fingerprint density at radius 3 is 2.48 bits per heavy atom. The topological polar surface area (TPSA) is 35.5 Å². The van der Waals surface area contributed by atoms with Crippen molar-refractivity contribution in [3.63, 3.8) is 0 Å². The molecule has 0 aliphatic rings. The molecular weight excluding hydrogens is 271 g/mol. The third-order valence-corrected chi connectivity index (χ3v) is 2.93. The lowest BCUT2D eigenvalue weighted by Gasteiger charge is -2.09. The normalized spacial score (nSPS) is 10.5. The molecule has 4 heteroatoms. The number of benzene rings is 2. The summed E-state index contributed by atoms with van der Waals surface area (Å²) in [6, 6.07) is 12.8. The van der Waals surface area contributed by atoms with Gasteiger partial charge < -0.3 is 9.47 Å². The minimum Gasteiger partial charge on any atom is -0.482 e. The third kappa shape index (κ3) is 4.60. The first-order valence-corrected chi connectivity index (χ1v) is 6.73. The van der Waals surface area contributed by atoms with Gasteiger partial charge in [0.2, 0.25) is 0 Å². The van der Waals surface area contributed by atoms with E-state index in [1.165, 1.54) is 24.3 Å². The largest absolute Gasteiger partial charge is 0.482 e. The molecule has 0 amide bonds. The summed E-state index contributed by atoms with van der Waals surface area (Å²) < 4.78 is 23.2. The number of esters is 1. The Labute approximate surface area is 123 Å². The lowest BCUT2D eigenvalue weighted by atomic mass is 10.0. The molecule has 0 N–H and O–H groups in total. The van der Waals surface area contributed by atoms with E-state index in [0.717, 1.165) is 5.56 Å². The average Bonchev–Trinajstić information content (AvgIpc) is 2.48. The minimum absolute atomic E-state index is 0.196. The van der Waals surface area contributed by atoms with Crippen molar-refractivity contribution in [2.45, 2.75) is 19.8 Å². The second kappa shape index (κ2) is 6.88. The fraction of sp³-hybridized carbons (Fsp3) is 0.235. The molecule has 0 saturated carbocycles. The highest BCUT2D eigenvalue weighted by Gasteiger charge is 2.07. The average molecular weight is 288 g/mol. The molecule has 0 heterocycles. The van der Waals surface area contributed by atoms with E-state index >= 15 is 0 Å². The predicted octanol–water partition coefficient (Wildman–Crippen LogP) is 3.93. The van der Waals surface area contributed by atoms with E-state index in [-0.39, 0.29) is 12.4 Å². The Morgan fingerprint density at radius 1 is 1.10 bits per heavy atom. The summed E-state index contributed by atoms with van der Waals surface area (Å²) in [6.07, 6.45) is 0. The molecule has 0 aromatic heterocycles. The number of ether oxygens (including phenoxy) is 2. The summed E-state index contributed by atoms with van der Waals surface area (Å²) >= 11 is 0. The third-order valence-electron chi connectivity index (χ3n) is 2.93. The Bertz CT molecular complexity index is 606. The smallest absolute Gasteiger partial charge is 0.349 e. The predicted molar refractivity (Wildman–Crippen MR) is 78.1 cm³/mol. The molecule has 0 unspecified atom stereocenters. The summed E-state index contributed by atoms with van der Waals surface area (Å²) in [6.45, 7) is 3.97. The van der Waals surface area contributed by atoms with Gasteiger partial charge in [0.1, 0.15) is 17.3 Å². The molecule has 0 radical (unpaired) electrons. The van der Waals surface area contributed by atoms with Crippen LogP contribution < -0.4 is 9.47 Å². The highest BCUT2D eigenvalue weighted by molar-refractivity contribution is 5.73. The summed E-state index contributed by atoms with van der Waals surface area (Å²) in [7, 11) is 0. The lowest BCUT2D eigenvalue weighted by molar-refractivity contribution is -0.136. The van der Waals surface area contributed by atoms with Gasteiger partial charge in [-0.25, -0.2) is 9.18 Å². The van der Waals surface area contributed by atoms with Crippen molar-refractivity contribution in [1.82, 2.24) is 0 Å². The molecule has 21 heavy (non-hydrogen) atoms. The Morgan fingerprint density at radius 2 is 1.81 bits per heavy atom. The van der Waals surface area contributed by atoms with Crippen molar-refractivity contribution >= 4 is 5.97 Å². The molecule has 0 fully saturated rings. The highest BCUT2D eigenvalue weighted by Crippen LogP contribution is 2.20. The highest BCUT2D eigenvalue weighted by atomic mass is 19.1. The molecule has 0 spiro atoms. The van der Waals surface area contributed by atoms with E-state index in [9.17, 15) is 9.18 Å². The Balaban J connectivity index is 1.89. The van der Waals surface area contributed by atoms with E-state index in [2.05, 4.69) is 13.8 Å². The Hall–Kier alpha value is -2.36. The molecule has 2 aromatic carbocycles. The van der Waals surface area contributed by atoms with Gasteiger partial charge in [-0.15, -0.1) is 0 Å². The van der Waals surface area contributed by atoms with Gasteiger partial charge in [0, 0.05) is 0 Å². The van der Waals surface area contributed by atoms with Crippen LogP contribution in [0.3, 0.4) is 0 Å². The summed E-state index contributed by atoms with van der Waals surface area (Å²) in [5.41, 5.74) is 1.14. The maximum absolute atomic E-state index is 12.7. The number of halogens is 1. The van der Waals surface area contributed by atoms with Gasteiger partial charge in [-0.3, -0.25) is 0 Å². The molecule has 110 valence electrons. The van der Waals surface area contributed by atoms with Crippen LogP contribution in [0.2, 0.25) is 0 Å². The maximum Gasteiger partial charge on any atom is 0.349 e. The van der Waals surface area contributed by atoms with E-state index in [0.29, 0.717) is 17.4 Å². The monoisotopic (exact) mass is 288 g/mol. The standard InChI is InChI=1S/C17H17FO3/c1-12(2)13-4-3-5-16(10-13)20-11-17(19)21-15-8-6-14(18)7-9-15/h3-10,12H,11H2,1-2H3. The van der Waals surface area contributed by atoms with Gasteiger partial charge in [-0.05, 0) is 47.9 Å². The van der Waals surface area contributed by atoms with Crippen LogP contribution in [0.5, 0.6) is 11.5 Å². The minimum atomic E-state index is -0.531. The van der Waals surface area contributed by atoms with E-state index in [4.69, 9.17) is 9.47 Å². The van der Waals surface area contributed by atoms with Gasteiger partial charge in [0.15, 0.2) is 6.61 Å². The number of hydrogen-bond acceptors (Lipinski definition) is 3. The first kappa shape index (κ1) is 15.0. The molecule has 0 aliphatic carbocycles. The molecule has 0 aliphatic heterocycles. The summed E-state index contributed by atoms with van der Waals surface area (Å²) in [5.74, 6) is 0.394. The molecule has 3 nitrogen and oxygen atoms in total. The van der Waals surface area contributed by atoms with Crippen LogP contribution in [0, 0.1) is 5.82 Å².